The smallest absolute Gasteiger partial charge is 0.235 e. The van der Waals surface area contributed by atoms with E-state index in [1.807, 2.05) is 6.07 Å². The second kappa shape index (κ2) is 6.64. The van der Waals surface area contributed by atoms with Crippen molar-refractivity contribution in [2.45, 2.75) is 31.8 Å². The quantitative estimate of drug-likeness (QED) is 0.892. The van der Waals surface area contributed by atoms with Gasteiger partial charge in [0.05, 0.1) is 28.3 Å². The van der Waals surface area contributed by atoms with Crippen molar-refractivity contribution in [1.82, 2.24) is 0 Å². The molecule has 2 fully saturated rings. The van der Waals surface area contributed by atoms with E-state index in [0.717, 1.165) is 31.6 Å². The van der Waals surface area contributed by atoms with Crippen LogP contribution in [0, 0.1) is 0 Å². The molecule has 0 saturated carbocycles. The molecule has 0 spiro atoms. The monoisotopic (exact) mass is 344 g/mol. The maximum absolute atomic E-state index is 12.2. The molecule has 0 bridgehead atoms. The van der Waals surface area contributed by atoms with Crippen LogP contribution >= 0.6 is 11.6 Å². The minimum atomic E-state index is -3.41. The lowest BCUT2D eigenvalue weighted by atomic mass is 10.2. The predicted octanol–water partition coefficient (Wildman–Crippen LogP) is 2.86. The zero-order chi connectivity index (χ0) is 15.6. The third-order valence-corrected chi connectivity index (χ3v) is 5.76. The van der Waals surface area contributed by atoms with Gasteiger partial charge < -0.3 is 9.64 Å². The van der Waals surface area contributed by atoms with Gasteiger partial charge in [-0.25, -0.2) is 8.42 Å². The Labute approximate surface area is 136 Å². The van der Waals surface area contributed by atoms with E-state index < -0.39 is 10.0 Å². The molecule has 122 valence electrons. The Bertz CT molecular complexity index is 624. The number of benzene rings is 1. The number of hydrogen-bond acceptors (Lipinski definition) is 4. The van der Waals surface area contributed by atoms with Gasteiger partial charge in [-0.3, -0.25) is 4.72 Å². The summed E-state index contributed by atoms with van der Waals surface area (Å²) < 4.78 is 32.3. The first-order valence-corrected chi connectivity index (χ1v) is 9.73. The zero-order valence-corrected chi connectivity index (χ0v) is 14.0. The molecule has 0 aromatic heterocycles. The topological polar surface area (TPSA) is 58.6 Å². The fraction of sp³-hybridized carbons (Fsp3) is 0.600. The van der Waals surface area contributed by atoms with Gasteiger partial charge in [0.15, 0.2) is 0 Å². The summed E-state index contributed by atoms with van der Waals surface area (Å²) in [5.41, 5.74) is 1.48. The van der Waals surface area contributed by atoms with E-state index in [9.17, 15) is 8.42 Å². The summed E-state index contributed by atoms with van der Waals surface area (Å²) in [6.45, 7) is 2.66. The largest absolute Gasteiger partial charge is 0.377 e. The molecule has 0 aliphatic carbocycles. The molecular weight excluding hydrogens is 324 g/mol. The molecule has 7 heteroatoms. The van der Waals surface area contributed by atoms with E-state index >= 15 is 0 Å². The number of rotatable bonds is 5. The summed E-state index contributed by atoms with van der Waals surface area (Å²) >= 11 is 6.31. The molecule has 2 saturated heterocycles. The van der Waals surface area contributed by atoms with Crippen molar-refractivity contribution in [3.8, 4) is 0 Å². The Hall–Kier alpha value is -0.980. The molecule has 1 aromatic carbocycles. The summed E-state index contributed by atoms with van der Waals surface area (Å²) in [6, 6.07) is 5.34. The minimum absolute atomic E-state index is 0.00149. The molecule has 2 aliphatic rings. The van der Waals surface area contributed by atoms with Gasteiger partial charge in [-0.1, -0.05) is 11.6 Å². The van der Waals surface area contributed by atoms with Crippen LogP contribution in [-0.2, 0) is 14.8 Å². The normalized spacial score (nSPS) is 22.2. The Morgan fingerprint density at radius 3 is 2.68 bits per heavy atom. The minimum Gasteiger partial charge on any atom is -0.377 e. The van der Waals surface area contributed by atoms with Gasteiger partial charge in [0.1, 0.15) is 0 Å². The molecule has 3 rings (SSSR count). The third kappa shape index (κ3) is 3.86. The van der Waals surface area contributed by atoms with Crippen molar-refractivity contribution < 1.29 is 13.2 Å². The molecule has 0 radical (unpaired) electrons. The Balaban J connectivity index is 1.68. The van der Waals surface area contributed by atoms with Gasteiger partial charge >= 0.3 is 0 Å². The maximum atomic E-state index is 12.2. The molecule has 2 aliphatic heterocycles. The highest BCUT2D eigenvalue weighted by atomic mass is 35.5. The Morgan fingerprint density at radius 2 is 2.05 bits per heavy atom. The SMILES string of the molecule is O=S(=O)(C[C@H]1CCCO1)Nc1ccc(N2CCCC2)c(Cl)c1. The van der Waals surface area contributed by atoms with Crippen molar-refractivity contribution in [3.63, 3.8) is 0 Å². The molecular formula is C15H21ClN2O3S. The average Bonchev–Trinajstić information content (AvgIpc) is 3.10. The van der Waals surface area contributed by atoms with Crippen LogP contribution in [0.1, 0.15) is 25.7 Å². The second-order valence-electron chi connectivity index (χ2n) is 5.88. The van der Waals surface area contributed by atoms with Crippen molar-refractivity contribution in [3.05, 3.63) is 23.2 Å². The summed E-state index contributed by atoms with van der Waals surface area (Å²) in [4.78, 5) is 2.23. The molecule has 22 heavy (non-hydrogen) atoms. The zero-order valence-electron chi connectivity index (χ0n) is 12.4. The van der Waals surface area contributed by atoms with Gasteiger partial charge in [-0.15, -0.1) is 0 Å². The van der Waals surface area contributed by atoms with E-state index in [1.165, 1.54) is 12.8 Å². The fourth-order valence-corrected chi connectivity index (χ4v) is 4.65. The fourth-order valence-electron chi connectivity index (χ4n) is 3.03. The maximum Gasteiger partial charge on any atom is 0.235 e. The van der Waals surface area contributed by atoms with Crippen LogP contribution in [0.2, 0.25) is 5.02 Å². The van der Waals surface area contributed by atoms with Crippen molar-refractivity contribution in [2.24, 2.45) is 0 Å². The van der Waals surface area contributed by atoms with E-state index in [-0.39, 0.29) is 11.9 Å². The number of nitrogens with zero attached hydrogens (tertiary/aromatic N) is 1. The summed E-state index contributed by atoms with van der Waals surface area (Å²) in [5.74, 6) is -0.00149. The van der Waals surface area contributed by atoms with Crippen molar-refractivity contribution in [1.29, 1.82) is 0 Å². The average molecular weight is 345 g/mol. The summed E-state index contributed by atoms with van der Waals surface area (Å²) in [5, 5.41) is 0.583. The molecule has 1 N–H and O–H groups in total. The first-order chi connectivity index (χ1) is 10.5. The van der Waals surface area contributed by atoms with Gasteiger partial charge in [0.2, 0.25) is 10.0 Å². The van der Waals surface area contributed by atoms with Crippen LogP contribution in [0.4, 0.5) is 11.4 Å². The van der Waals surface area contributed by atoms with Gasteiger partial charge in [-0.05, 0) is 43.9 Å². The first kappa shape index (κ1) is 15.9. The molecule has 1 atom stereocenters. The van der Waals surface area contributed by atoms with Crippen LogP contribution in [0.15, 0.2) is 18.2 Å². The molecule has 5 nitrogen and oxygen atoms in total. The number of halogens is 1. The molecule has 0 amide bonds. The van der Waals surface area contributed by atoms with E-state index in [4.69, 9.17) is 16.3 Å². The van der Waals surface area contributed by atoms with Gasteiger partial charge in [0.25, 0.3) is 0 Å². The van der Waals surface area contributed by atoms with E-state index in [2.05, 4.69) is 9.62 Å². The van der Waals surface area contributed by atoms with Crippen LogP contribution in [0.3, 0.4) is 0 Å². The third-order valence-electron chi connectivity index (χ3n) is 4.10. The van der Waals surface area contributed by atoms with Crippen LogP contribution in [-0.4, -0.2) is 40.0 Å². The van der Waals surface area contributed by atoms with Gasteiger partial charge in [0, 0.05) is 19.7 Å². The molecule has 2 heterocycles. The predicted molar refractivity (Wildman–Crippen MR) is 89.3 cm³/mol. The lowest BCUT2D eigenvalue weighted by Crippen LogP contribution is -2.25. The Kier molecular flexibility index (Phi) is 4.80. The molecule has 0 unspecified atom stereocenters. The highest BCUT2D eigenvalue weighted by molar-refractivity contribution is 7.92. The standard InChI is InChI=1S/C15H21ClN2O3S/c16-14-10-12(5-6-15(14)18-7-1-2-8-18)17-22(19,20)11-13-4-3-9-21-13/h5-6,10,13,17H,1-4,7-9,11H2/t13-/m1/s1. The van der Waals surface area contributed by atoms with E-state index in [1.54, 1.807) is 12.1 Å². The second-order valence-corrected chi connectivity index (χ2v) is 8.05. The number of anilines is 2. The molecule has 1 aromatic rings. The van der Waals surface area contributed by atoms with Crippen molar-refractivity contribution in [2.75, 3.05) is 35.1 Å². The van der Waals surface area contributed by atoms with Crippen LogP contribution < -0.4 is 9.62 Å². The lowest BCUT2D eigenvalue weighted by Gasteiger charge is -2.20. The number of ether oxygens (including phenoxy) is 1. The number of nitrogens with one attached hydrogen (secondary N) is 1. The number of sulfonamides is 1. The van der Waals surface area contributed by atoms with Crippen molar-refractivity contribution >= 4 is 33.0 Å². The Morgan fingerprint density at radius 1 is 1.27 bits per heavy atom. The summed E-state index contributed by atoms with van der Waals surface area (Å²) in [6.07, 6.45) is 3.88. The first-order valence-electron chi connectivity index (χ1n) is 7.70. The number of hydrogen-bond donors (Lipinski definition) is 1. The van der Waals surface area contributed by atoms with Crippen LogP contribution in [0.25, 0.3) is 0 Å². The van der Waals surface area contributed by atoms with E-state index in [0.29, 0.717) is 17.3 Å². The highest BCUT2D eigenvalue weighted by Gasteiger charge is 2.23. The highest BCUT2D eigenvalue weighted by Crippen LogP contribution is 2.31. The van der Waals surface area contributed by atoms with Crippen LogP contribution in [0.5, 0.6) is 0 Å². The lowest BCUT2D eigenvalue weighted by molar-refractivity contribution is 0.127. The van der Waals surface area contributed by atoms with Gasteiger partial charge in [-0.2, -0.15) is 0 Å². The summed E-state index contributed by atoms with van der Waals surface area (Å²) in [7, 11) is -3.41.